The number of aryl methyl sites for hydroxylation is 1. The summed E-state index contributed by atoms with van der Waals surface area (Å²) in [6.07, 6.45) is 0. The van der Waals surface area contributed by atoms with Crippen molar-refractivity contribution in [3.8, 4) is 5.75 Å². The molecule has 0 unspecified atom stereocenters. The molecule has 4 heteroatoms. The van der Waals surface area contributed by atoms with Gasteiger partial charge in [0.1, 0.15) is 23.9 Å². The van der Waals surface area contributed by atoms with Gasteiger partial charge in [-0.1, -0.05) is 19.9 Å². The largest absolute Gasteiger partial charge is 0.486 e. The molecule has 0 fully saturated rings. The van der Waals surface area contributed by atoms with Gasteiger partial charge in [-0.15, -0.1) is 0 Å². The van der Waals surface area contributed by atoms with E-state index < -0.39 is 0 Å². The first-order chi connectivity index (χ1) is 10.0. The molecule has 3 nitrogen and oxygen atoms in total. The van der Waals surface area contributed by atoms with Crippen LogP contribution in [-0.2, 0) is 13.2 Å². The second-order valence-corrected chi connectivity index (χ2v) is 6.84. The van der Waals surface area contributed by atoms with Crippen molar-refractivity contribution in [3.05, 3.63) is 51.0 Å². The van der Waals surface area contributed by atoms with Gasteiger partial charge in [0.2, 0.25) is 0 Å². The van der Waals surface area contributed by atoms with E-state index in [0.29, 0.717) is 12.5 Å². The molecule has 114 valence electrons. The Morgan fingerprint density at radius 2 is 2.10 bits per heavy atom. The topological polar surface area (TPSA) is 34.4 Å². The Labute approximate surface area is 140 Å². The molecule has 0 bridgehead atoms. The SMILES string of the molecule is Cc1cc(COc2cccc(I)c2)oc1CNCC(C)C. The Hall–Kier alpha value is -1.01. The highest BCUT2D eigenvalue weighted by Crippen LogP contribution is 2.19. The molecule has 0 aliphatic carbocycles. The zero-order chi connectivity index (χ0) is 15.2. The number of hydrogen-bond acceptors (Lipinski definition) is 3. The quantitative estimate of drug-likeness (QED) is 0.696. The van der Waals surface area contributed by atoms with E-state index in [1.54, 1.807) is 0 Å². The van der Waals surface area contributed by atoms with Crippen LogP contribution < -0.4 is 10.1 Å². The lowest BCUT2D eigenvalue weighted by Crippen LogP contribution is -2.18. The first kappa shape index (κ1) is 16.4. The van der Waals surface area contributed by atoms with Crippen molar-refractivity contribution >= 4 is 22.6 Å². The van der Waals surface area contributed by atoms with Crippen molar-refractivity contribution in [1.29, 1.82) is 0 Å². The van der Waals surface area contributed by atoms with Crippen LogP contribution in [0, 0.1) is 16.4 Å². The average molecular weight is 399 g/mol. The minimum atomic E-state index is 0.463. The minimum absolute atomic E-state index is 0.463. The molecule has 2 rings (SSSR count). The van der Waals surface area contributed by atoms with E-state index >= 15 is 0 Å². The normalized spacial score (nSPS) is 11.1. The molecule has 0 radical (unpaired) electrons. The second-order valence-electron chi connectivity index (χ2n) is 5.59. The summed E-state index contributed by atoms with van der Waals surface area (Å²) in [4.78, 5) is 0. The van der Waals surface area contributed by atoms with E-state index in [4.69, 9.17) is 9.15 Å². The summed E-state index contributed by atoms with van der Waals surface area (Å²) in [5.41, 5.74) is 1.17. The van der Waals surface area contributed by atoms with Crippen LogP contribution >= 0.6 is 22.6 Å². The Morgan fingerprint density at radius 1 is 1.29 bits per heavy atom. The lowest BCUT2D eigenvalue weighted by atomic mass is 10.2. The average Bonchev–Trinajstić information content (AvgIpc) is 2.77. The summed E-state index contributed by atoms with van der Waals surface area (Å²) in [6, 6.07) is 10.1. The number of halogens is 1. The van der Waals surface area contributed by atoms with Gasteiger partial charge in [0.05, 0.1) is 6.54 Å². The Kier molecular flexibility index (Phi) is 6.11. The number of furan rings is 1. The molecule has 2 aromatic rings. The van der Waals surface area contributed by atoms with Crippen LogP contribution in [0.25, 0.3) is 0 Å². The van der Waals surface area contributed by atoms with Crippen molar-refractivity contribution in [2.45, 2.75) is 33.9 Å². The number of hydrogen-bond donors (Lipinski definition) is 1. The summed E-state index contributed by atoms with van der Waals surface area (Å²) >= 11 is 2.28. The molecule has 0 spiro atoms. The third-order valence-corrected chi connectivity index (χ3v) is 3.76. The van der Waals surface area contributed by atoms with Gasteiger partial charge in [-0.25, -0.2) is 0 Å². The van der Waals surface area contributed by atoms with Gasteiger partial charge in [-0.3, -0.25) is 0 Å². The van der Waals surface area contributed by atoms with Crippen molar-refractivity contribution < 1.29 is 9.15 Å². The van der Waals surface area contributed by atoms with Crippen molar-refractivity contribution in [1.82, 2.24) is 5.32 Å². The van der Waals surface area contributed by atoms with Crippen LogP contribution in [-0.4, -0.2) is 6.54 Å². The van der Waals surface area contributed by atoms with Crippen LogP contribution in [0.4, 0.5) is 0 Å². The third-order valence-electron chi connectivity index (χ3n) is 3.09. The van der Waals surface area contributed by atoms with Gasteiger partial charge < -0.3 is 14.5 Å². The lowest BCUT2D eigenvalue weighted by molar-refractivity contribution is 0.264. The minimum Gasteiger partial charge on any atom is -0.486 e. The maximum absolute atomic E-state index is 5.86. The zero-order valence-electron chi connectivity index (χ0n) is 12.8. The van der Waals surface area contributed by atoms with E-state index in [0.717, 1.165) is 30.4 Å². The first-order valence-corrected chi connectivity index (χ1v) is 8.29. The first-order valence-electron chi connectivity index (χ1n) is 7.22. The Morgan fingerprint density at radius 3 is 2.81 bits per heavy atom. The number of nitrogens with one attached hydrogen (secondary N) is 1. The molecular formula is C17H22INO2. The molecule has 21 heavy (non-hydrogen) atoms. The van der Waals surface area contributed by atoms with Crippen molar-refractivity contribution in [3.63, 3.8) is 0 Å². The van der Waals surface area contributed by atoms with E-state index in [2.05, 4.69) is 54.7 Å². The molecule has 1 aromatic heterocycles. The van der Waals surface area contributed by atoms with E-state index in [1.165, 1.54) is 9.13 Å². The summed E-state index contributed by atoms with van der Waals surface area (Å²) in [5.74, 6) is 3.38. The molecule has 1 heterocycles. The molecule has 0 atom stereocenters. The summed E-state index contributed by atoms with van der Waals surface area (Å²) in [7, 11) is 0. The van der Waals surface area contributed by atoms with Crippen LogP contribution in [0.3, 0.4) is 0 Å². The highest BCUT2D eigenvalue weighted by molar-refractivity contribution is 14.1. The van der Waals surface area contributed by atoms with Gasteiger partial charge >= 0.3 is 0 Å². The number of ether oxygens (including phenoxy) is 1. The predicted molar refractivity (Wildman–Crippen MR) is 93.5 cm³/mol. The lowest BCUT2D eigenvalue weighted by Gasteiger charge is -2.06. The molecule has 0 aliphatic rings. The fourth-order valence-electron chi connectivity index (χ4n) is 2.02. The maximum atomic E-state index is 5.86. The smallest absolute Gasteiger partial charge is 0.146 e. The van der Waals surface area contributed by atoms with Gasteiger partial charge in [-0.05, 0) is 71.8 Å². The number of rotatable bonds is 7. The zero-order valence-corrected chi connectivity index (χ0v) is 14.9. The standard InChI is InChI=1S/C17H22INO2/c1-12(2)9-19-10-17-13(3)7-16(21-17)11-20-15-6-4-5-14(18)8-15/h4-8,12,19H,9-11H2,1-3H3. The van der Waals surface area contributed by atoms with Gasteiger partial charge in [0, 0.05) is 3.57 Å². The van der Waals surface area contributed by atoms with Crippen LogP contribution in [0.2, 0.25) is 0 Å². The summed E-state index contributed by atoms with van der Waals surface area (Å²) in [6.45, 7) is 8.70. The Bertz CT molecular complexity index is 578. The van der Waals surface area contributed by atoms with Crippen LogP contribution in [0.1, 0.15) is 30.9 Å². The van der Waals surface area contributed by atoms with E-state index in [-0.39, 0.29) is 0 Å². The third kappa shape index (κ3) is 5.36. The summed E-state index contributed by atoms with van der Waals surface area (Å²) < 4.78 is 12.8. The van der Waals surface area contributed by atoms with Crippen molar-refractivity contribution in [2.75, 3.05) is 6.54 Å². The van der Waals surface area contributed by atoms with Gasteiger partial charge in [0.15, 0.2) is 0 Å². The fourth-order valence-corrected chi connectivity index (χ4v) is 2.54. The highest BCUT2D eigenvalue weighted by atomic mass is 127. The second kappa shape index (κ2) is 7.84. The maximum Gasteiger partial charge on any atom is 0.146 e. The van der Waals surface area contributed by atoms with E-state index in [1.807, 2.05) is 24.3 Å². The van der Waals surface area contributed by atoms with E-state index in [9.17, 15) is 0 Å². The molecule has 0 amide bonds. The molecular weight excluding hydrogens is 377 g/mol. The predicted octanol–water partition coefficient (Wildman–Crippen LogP) is 4.52. The van der Waals surface area contributed by atoms with Gasteiger partial charge in [-0.2, -0.15) is 0 Å². The highest BCUT2D eigenvalue weighted by Gasteiger charge is 2.08. The Balaban J connectivity index is 1.89. The fraction of sp³-hybridized carbons (Fsp3) is 0.412. The van der Waals surface area contributed by atoms with Gasteiger partial charge in [0.25, 0.3) is 0 Å². The molecule has 0 saturated heterocycles. The van der Waals surface area contributed by atoms with Crippen LogP contribution in [0.5, 0.6) is 5.75 Å². The van der Waals surface area contributed by atoms with Crippen LogP contribution in [0.15, 0.2) is 34.7 Å². The number of benzene rings is 1. The molecule has 0 saturated carbocycles. The summed E-state index contributed by atoms with van der Waals surface area (Å²) in [5, 5.41) is 3.40. The molecule has 1 N–H and O–H groups in total. The monoisotopic (exact) mass is 399 g/mol. The van der Waals surface area contributed by atoms with Crippen molar-refractivity contribution in [2.24, 2.45) is 5.92 Å². The molecule has 0 aliphatic heterocycles. The molecule has 1 aromatic carbocycles.